The molecule has 0 aromatic heterocycles. The van der Waals surface area contributed by atoms with E-state index >= 15 is 0 Å². The smallest absolute Gasteiger partial charge is 0.123 e. The van der Waals surface area contributed by atoms with Gasteiger partial charge in [0, 0.05) is 17.8 Å². The molecule has 3 aromatic carbocycles. The van der Waals surface area contributed by atoms with Crippen LogP contribution in [0.1, 0.15) is 36.5 Å². The summed E-state index contributed by atoms with van der Waals surface area (Å²) >= 11 is 0. The van der Waals surface area contributed by atoms with Crippen molar-refractivity contribution < 1.29 is 4.74 Å². The number of nitrogens with two attached hydrogens (primary N) is 1. The van der Waals surface area contributed by atoms with Gasteiger partial charge in [0.15, 0.2) is 0 Å². The van der Waals surface area contributed by atoms with Crippen molar-refractivity contribution in [1.29, 1.82) is 0 Å². The number of nitrogens with zero attached hydrogens (tertiary/aromatic N) is 1. The molecule has 3 N–H and O–H groups in total. The van der Waals surface area contributed by atoms with E-state index in [1.165, 1.54) is 24.0 Å². The molecule has 3 aliphatic rings. The van der Waals surface area contributed by atoms with Gasteiger partial charge in [-0.05, 0) is 68.1 Å². The quantitative estimate of drug-likeness (QED) is 0.549. The summed E-state index contributed by atoms with van der Waals surface area (Å²) in [5, 5.41) is 4.11. The van der Waals surface area contributed by atoms with Crippen LogP contribution < -0.4 is 15.8 Å². The largest absolute Gasteiger partial charge is 0.496 e. The molecule has 0 spiro atoms. The van der Waals surface area contributed by atoms with E-state index in [-0.39, 0.29) is 11.1 Å². The Kier molecular flexibility index (Phi) is 5.44. The highest BCUT2D eigenvalue weighted by Crippen LogP contribution is 2.57. The fourth-order valence-electron chi connectivity index (χ4n) is 6.39. The van der Waals surface area contributed by atoms with Gasteiger partial charge < -0.3 is 15.8 Å². The topological polar surface area (TPSA) is 50.5 Å². The summed E-state index contributed by atoms with van der Waals surface area (Å²) in [6.07, 6.45) is 2.39. The zero-order valence-corrected chi connectivity index (χ0v) is 19.1. The maximum atomic E-state index is 6.15. The third kappa shape index (κ3) is 3.13. The lowest BCUT2D eigenvalue weighted by Crippen LogP contribution is -2.74. The third-order valence-corrected chi connectivity index (χ3v) is 7.93. The van der Waals surface area contributed by atoms with Crippen LogP contribution in [0.5, 0.6) is 5.75 Å². The molecule has 2 atom stereocenters. The number of rotatable bonds is 6. The minimum atomic E-state index is -0.234. The molecule has 4 nitrogen and oxygen atoms in total. The van der Waals surface area contributed by atoms with Crippen molar-refractivity contribution >= 4 is 5.69 Å². The Morgan fingerprint density at radius 1 is 0.938 bits per heavy atom. The molecule has 0 aliphatic carbocycles. The molecule has 0 radical (unpaired) electrons. The van der Waals surface area contributed by atoms with Gasteiger partial charge in [0.25, 0.3) is 0 Å². The first-order chi connectivity index (χ1) is 15.6. The van der Waals surface area contributed by atoms with Crippen LogP contribution in [0.25, 0.3) is 0 Å². The molecule has 3 aliphatic heterocycles. The number of benzene rings is 3. The third-order valence-electron chi connectivity index (χ3n) is 7.93. The number of hydrogen-bond acceptors (Lipinski definition) is 4. The summed E-state index contributed by atoms with van der Waals surface area (Å²) in [6, 6.07) is 28.0. The predicted molar refractivity (Wildman–Crippen MR) is 130 cm³/mol. The Labute approximate surface area is 191 Å². The second-order valence-electron chi connectivity index (χ2n) is 9.30. The first-order valence-corrected chi connectivity index (χ1v) is 11.6. The number of nitrogens with one attached hydrogen (secondary N) is 1. The lowest BCUT2D eigenvalue weighted by molar-refractivity contribution is -0.122. The van der Waals surface area contributed by atoms with Gasteiger partial charge in [-0.1, -0.05) is 60.7 Å². The minimum Gasteiger partial charge on any atom is -0.496 e. The number of methoxy groups -OCH3 is 1. The average molecular weight is 428 g/mol. The second kappa shape index (κ2) is 8.27. The number of ether oxygens (including phenoxy) is 1. The van der Waals surface area contributed by atoms with Crippen molar-refractivity contribution in [2.45, 2.75) is 37.4 Å². The zero-order valence-electron chi connectivity index (χ0n) is 19.1. The number of nitrogen functional groups attached to an aromatic ring is 1. The Bertz CT molecular complexity index is 1060. The summed E-state index contributed by atoms with van der Waals surface area (Å²) < 4.78 is 5.67. The Morgan fingerprint density at radius 3 is 2.19 bits per heavy atom. The van der Waals surface area contributed by atoms with Crippen molar-refractivity contribution in [3.05, 3.63) is 95.6 Å². The van der Waals surface area contributed by atoms with Crippen molar-refractivity contribution in [3.63, 3.8) is 0 Å². The molecule has 6 rings (SSSR count). The average Bonchev–Trinajstić information content (AvgIpc) is 2.85. The van der Waals surface area contributed by atoms with E-state index in [1.807, 2.05) is 18.2 Å². The molecule has 3 aromatic rings. The minimum absolute atomic E-state index is 0.176. The standard InChI is InChI=1S/C28H33N3O/c1-27(22-9-5-3-6-10-22)28(23-11-7-4-8-12-23,24-15-17-31(27)18-16-24)30-20-21-19-25(29)13-14-26(21)32-2/h3-14,19,24,30H,15-18,20,29H2,1-2H3/t27-,28+/m0/s1. The van der Waals surface area contributed by atoms with Gasteiger partial charge in [-0.2, -0.15) is 0 Å². The first kappa shape index (κ1) is 21.0. The summed E-state index contributed by atoms with van der Waals surface area (Å²) in [6.45, 7) is 5.39. The summed E-state index contributed by atoms with van der Waals surface area (Å²) in [5.74, 6) is 1.41. The number of piperidine rings is 3. The molecule has 0 saturated carbocycles. The van der Waals surface area contributed by atoms with E-state index in [4.69, 9.17) is 10.5 Å². The molecule has 2 bridgehead atoms. The van der Waals surface area contributed by atoms with Gasteiger partial charge in [0.05, 0.1) is 18.2 Å². The van der Waals surface area contributed by atoms with Crippen molar-refractivity contribution in [1.82, 2.24) is 10.2 Å². The molecule has 0 unspecified atom stereocenters. The van der Waals surface area contributed by atoms with Crippen LogP contribution in [-0.2, 0) is 17.6 Å². The van der Waals surface area contributed by atoms with Gasteiger partial charge in [-0.15, -0.1) is 0 Å². The molecule has 32 heavy (non-hydrogen) atoms. The molecule has 3 saturated heterocycles. The molecule has 3 heterocycles. The van der Waals surface area contributed by atoms with Crippen molar-refractivity contribution in [2.24, 2.45) is 5.92 Å². The monoisotopic (exact) mass is 427 g/mol. The van der Waals surface area contributed by atoms with Crippen LogP contribution in [0.15, 0.2) is 78.9 Å². The zero-order chi connectivity index (χ0) is 22.2. The second-order valence-corrected chi connectivity index (χ2v) is 9.30. The molecular formula is C28H33N3O. The van der Waals surface area contributed by atoms with Gasteiger partial charge in [0.1, 0.15) is 5.75 Å². The fourth-order valence-corrected chi connectivity index (χ4v) is 6.39. The van der Waals surface area contributed by atoms with Crippen LogP contribution in [0, 0.1) is 5.92 Å². The van der Waals surface area contributed by atoms with Crippen LogP contribution in [-0.4, -0.2) is 25.1 Å². The van der Waals surface area contributed by atoms with E-state index in [0.717, 1.165) is 30.1 Å². The highest BCUT2D eigenvalue weighted by molar-refractivity contribution is 5.48. The van der Waals surface area contributed by atoms with Crippen molar-refractivity contribution in [3.8, 4) is 5.75 Å². The van der Waals surface area contributed by atoms with Crippen molar-refractivity contribution in [2.75, 3.05) is 25.9 Å². The molecule has 0 amide bonds. The Hall–Kier alpha value is -2.82. The van der Waals surface area contributed by atoms with Crippen LogP contribution in [0.4, 0.5) is 5.69 Å². The SMILES string of the molecule is COc1ccc(N)cc1CN[C@]1(c2ccccc2)C2CCN(CC2)[C@@]1(C)c1ccccc1. The molecule has 4 heteroatoms. The van der Waals surface area contributed by atoms with E-state index in [2.05, 4.69) is 77.8 Å². The number of fused-ring (bicyclic) bond motifs is 3. The predicted octanol–water partition coefficient (Wildman–Crippen LogP) is 4.90. The fraction of sp³-hybridized carbons (Fsp3) is 0.357. The molecule has 3 fully saturated rings. The summed E-state index contributed by atoms with van der Waals surface area (Å²) in [4.78, 5) is 2.69. The van der Waals surface area contributed by atoms with E-state index in [1.54, 1.807) is 7.11 Å². The van der Waals surface area contributed by atoms with Crippen LogP contribution in [0.2, 0.25) is 0 Å². The van der Waals surface area contributed by atoms with Gasteiger partial charge >= 0.3 is 0 Å². The summed E-state index contributed by atoms with van der Waals surface area (Å²) in [7, 11) is 1.73. The van der Waals surface area contributed by atoms with Crippen LogP contribution in [0.3, 0.4) is 0 Å². The van der Waals surface area contributed by atoms with E-state index in [0.29, 0.717) is 12.5 Å². The van der Waals surface area contributed by atoms with Gasteiger partial charge in [-0.3, -0.25) is 4.90 Å². The highest BCUT2D eigenvalue weighted by Gasteiger charge is 2.62. The van der Waals surface area contributed by atoms with Crippen LogP contribution >= 0.6 is 0 Å². The maximum absolute atomic E-state index is 6.15. The molecule has 166 valence electrons. The lowest BCUT2D eigenvalue weighted by Gasteiger charge is -2.66. The summed E-state index contributed by atoms with van der Waals surface area (Å²) in [5.41, 5.74) is 10.3. The van der Waals surface area contributed by atoms with E-state index < -0.39 is 0 Å². The number of anilines is 1. The molecular weight excluding hydrogens is 394 g/mol. The van der Waals surface area contributed by atoms with E-state index in [9.17, 15) is 0 Å². The Balaban J connectivity index is 1.67. The van der Waals surface area contributed by atoms with Gasteiger partial charge in [-0.25, -0.2) is 0 Å². The number of hydrogen-bond donors (Lipinski definition) is 2. The Morgan fingerprint density at radius 2 is 1.56 bits per heavy atom. The normalized spacial score (nSPS) is 29.1. The first-order valence-electron chi connectivity index (χ1n) is 11.6. The van der Waals surface area contributed by atoms with Gasteiger partial charge in [0.2, 0.25) is 0 Å². The maximum Gasteiger partial charge on any atom is 0.123 e. The lowest BCUT2D eigenvalue weighted by atomic mass is 9.55. The highest BCUT2D eigenvalue weighted by atomic mass is 16.5.